The highest BCUT2D eigenvalue weighted by molar-refractivity contribution is 6.36. The van der Waals surface area contributed by atoms with Crippen molar-refractivity contribution in [3.05, 3.63) is 169 Å². The van der Waals surface area contributed by atoms with Crippen molar-refractivity contribution in [1.82, 2.24) is 14.5 Å². The van der Waals surface area contributed by atoms with Crippen LogP contribution in [0, 0.1) is 0 Å². The van der Waals surface area contributed by atoms with Crippen LogP contribution in [0.1, 0.15) is 20.7 Å². The molecule has 0 atom stereocenters. The molecular formula is C42H26N4O2. The van der Waals surface area contributed by atoms with E-state index < -0.39 is 0 Å². The Labute approximate surface area is 276 Å². The molecule has 6 aromatic carbocycles. The van der Waals surface area contributed by atoms with Gasteiger partial charge in [-0.1, -0.05) is 115 Å². The summed E-state index contributed by atoms with van der Waals surface area (Å²) >= 11 is 0. The Morgan fingerprint density at radius 1 is 0.458 bits per heavy atom. The summed E-state index contributed by atoms with van der Waals surface area (Å²) < 4.78 is 2.11. The fourth-order valence-corrected chi connectivity index (χ4v) is 7.00. The first-order chi connectivity index (χ1) is 23.7. The second-order valence-corrected chi connectivity index (χ2v) is 11.8. The number of hydrogen-bond donors (Lipinski definition) is 0. The van der Waals surface area contributed by atoms with Gasteiger partial charge >= 0.3 is 0 Å². The van der Waals surface area contributed by atoms with E-state index in [0.29, 0.717) is 22.5 Å². The number of benzene rings is 6. The van der Waals surface area contributed by atoms with E-state index in [4.69, 9.17) is 0 Å². The average Bonchev–Trinajstić information content (AvgIpc) is 3.63. The van der Waals surface area contributed by atoms with Gasteiger partial charge in [0, 0.05) is 39.9 Å². The fourth-order valence-electron chi connectivity index (χ4n) is 7.00. The molecule has 0 radical (unpaired) electrons. The molecule has 9 rings (SSSR count). The first kappa shape index (κ1) is 27.6. The van der Waals surface area contributed by atoms with Crippen LogP contribution < -0.4 is 4.90 Å². The van der Waals surface area contributed by atoms with Gasteiger partial charge in [0.15, 0.2) is 0 Å². The Hall–Kier alpha value is -6.66. The Morgan fingerprint density at radius 2 is 1.12 bits per heavy atom. The topological polar surface area (TPSA) is 68.1 Å². The molecule has 3 heterocycles. The van der Waals surface area contributed by atoms with E-state index in [1.807, 2.05) is 115 Å². The van der Waals surface area contributed by atoms with Crippen molar-refractivity contribution in [2.45, 2.75) is 0 Å². The van der Waals surface area contributed by atoms with Crippen LogP contribution in [0.25, 0.3) is 60.9 Å². The van der Waals surface area contributed by atoms with Crippen LogP contribution in [-0.4, -0.2) is 26.3 Å². The minimum absolute atomic E-state index is 0.350. The number of para-hydroxylation sites is 2. The second-order valence-electron chi connectivity index (χ2n) is 11.8. The van der Waals surface area contributed by atoms with Gasteiger partial charge in [-0.3, -0.25) is 9.59 Å². The number of fused-ring (bicyclic) bond motifs is 4. The van der Waals surface area contributed by atoms with Gasteiger partial charge in [0.2, 0.25) is 0 Å². The predicted octanol–water partition coefficient (Wildman–Crippen LogP) is 9.38. The Balaban J connectivity index is 1.29. The number of nitrogens with zero attached hydrogens (tertiary/aromatic N) is 4. The molecule has 2 amide bonds. The van der Waals surface area contributed by atoms with Gasteiger partial charge in [-0.25, -0.2) is 14.9 Å². The monoisotopic (exact) mass is 618 g/mol. The Morgan fingerprint density at radius 3 is 1.92 bits per heavy atom. The summed E-state index contributed by atoms with van der Waals surface area (Å²) in [5.74, 6) is -0.712. The summed E-state index contributed by atoms with van der Waals surface area (Å²) in [6, 6.07) is 45.7. The van der Waals surface area contributed by atoms with Gasteiger partial charge in [0.25, 0.3) is 11.8 Å². The molecule has 8 aromatic rings. The highest BCUT2D eigenvalue weighted by Crippen LogP contribution is 2.43. The molecule has 0 saturated heterocycles. The number of anilines is 1. The van der Waals surface area contributed by atoms with Gasteiger partial charge in [0.1, 0.15) is 6.33 Å². The van der Waals surface area contributed by atoms with Crippen molar-refractivity contribution in [1.29, 1.82) is 0 Å². The van der Waals surface area contributed by atoms with Crippen LogP contribution in [-0.2, 0) is 0 Å². The van der Waals surface area contributed by atoms with E-state index in [2.05, 4.69) is 32.7 Å². The molecule has 0 aliphatic carbocycles. The smallest absolute Gasteiger partial charge is 0.268 e. The van der Waals surface area contributed by atoms with Gasteiger partial charge in [-0.2, -0.15) is 0 Å². The number of hydrogen-bond acceptors (Lipinski definition) is 4. The van der Waals surface area contributed by atoms with E-state index in [9.17, 15) is 9.59 Å². The number of carbonyl (C=O) groups is 2. The molecule has 1 aliphatic rings. The second kappa shape index (κ2) is 11.0. The maximum absolute atomic E-state index is 14.9. The van der Waals surface area contributed by atoms with Gasteiger partial charge < -0.3 is 4.57 Å². The van der Waals surface area contributed by atoms with Crippen molar-refractivity contribution < 1.29 is 9.59 Å². The number of carbonyl (C=O) groups excluding carboxylic acids is 2. The van der Waals surface area contributed by atoms with Gasteiger partial charge in [0.05, 0.1) is 33.5 Å². The molecule has 0 fully saturated rings. The summed E-state index contributed by atoms with van der Waals surface area (Å²) in [6.45, 7) is 0. The zero-order valence-corrected chi connectivity index (χ0v) is 25.6. The van der Waals surface area contributed by atoms with E-state index in [1.54, 1.807) is 18.5 Å². The first-order valence-electron chi connectivity index (χ1n) is 15.7. The lowest BCUT2D eigenvalue weighted by molar-refractivity contribution is 0.0926. The van der Waals surface area contributed by atoms with E-state index in [1.165, 1.54) is 11.2 Å². The Bertz CT molecular complexity index is 2540. The van der Waals surface area contributed by atoms with E-state index >= 15 is 0 Å². The van der Waals surface area contributed by atoms with Crippen LogP contribution in [0.15, 0.2) is 158 Å². The zero-order chi connectivity index (χ0) is 32.2. The van der Waals surface area contributed by atoms with Crippen molar-refractivity contribution >= 4 is 39.3 Å². The van der Waals surface area contributed by atoms with E-state index in [-0.39, 0.29) is 11.8 Å². The quantitative estimate of drug-likeness (QED) is 0.180. The minimum atomic E-state index is -0.362. The summed E-state index contributed by atoms with van der Waals surface area (Å²) in [4.78, 5) is 39.2. The molecule has 0 saturated carbocycles. The molecule has 6 nitrogen and oxygen atoms in total. The molecule has 0 N–H and O–H groups in total. The average molecular weight is 619 g/mol. The van der Waals surface area contributed by atoms with Crippen molar-refractivity contribution in [3.8, 4) is 39.1 Å². The Kier molecular flexibility index (Phi) is 6.33. The molecule has 0 unspecified atom stereocenters. The van der Waals surface area contributed by atoms with Crippen LogP contribution >= 0.6 is 0 Å². The molecule has 48 heavy (non-hydrogen) atoms. The number of aromatic nitrogens is 3. The largest absolute Gasteiger partial charge is 0.308 e. The van der Waals surface area contributed by atoms with Gasteiger partial charge in [-0.15, -0.1) is 0 Å². The molecule has 226 valence electrons. The molecule has 0 spiro atoms. The number of amides is 2. The maximum Gasteiger partial charge on any atom is 0.268 e. The molecule has 1 aliphatic heterocycles. The summed E-state index contributed by atoms with van der Waals surface area (Å²) in [5.41, 5.74) is 9.19. The lowest BCUT2D eigenvalue weighted by atomic mass is 9.97. The predicted molar refractivity (Wildman–Crippen MR) is 190 cm³/mol. The third kappa shape index (κ3) is 4.20. The summed E-state index contributed by atoms with van der Waals surface area (Å²) in [7, 11) is 0. The molecular weight excluding hydrogens is 592 g/mol. The minimum Gasteiger partial charge on any atom is -0.308 e. The highest BCUT2D eigenvalue weighted by atomic mass is 16.2. The third-order valence-corrected chi connectivity index (χ3v) is 9.13. The molecule has 2 aromatic heterocycles. The third-order valence-electron chi connectivity index (χ3n) is 9.13. The fraction of sp³-hybridized carbons (Fsp3) is 0. The first-order valence-corrected chi connectivity index (χ1v) is 15.7. The van der Waals surface area contributed by atoms with Crippen molar-refractivity contribution in [2.75, 3.05) is 4.90 Å². The summed E-state index contributed by atoms with van der Waals surface area (Å²) in [6.07, 6.45) is 5.10. The van der Waals surface area contributed by atoms with Crippen LogP contribution in [0.5, 0.6) is 0 Å². The number of rotatable bonds is 5. The van der Waals surface area contributed by atoms with Crippen molar-refractivity contribution in [2.24, 2.45) is 0 Å². The van der Waals surface area contributed by atoms with E-state index in [0.717, 1.165) is 55.2 Å². The lowest BCUT2D eigenvalue weighted by Crippen LogP contribution is -2.30. The summed E-state index contributed by atoms with van der Waals surface area (Å²) in [5, 5.41) is 2.07. The standard InChI is InChI=1S/C42H26N4O2/c47-41-35-18-10-20-37(45-36-19-8-7-15-33(36)34-17-9-16-32(40(34)45)30-24-43-26-44-25-30)39(35)42(48)46(41)38-23-29(27-11-3-1-4-12-27)21-22-31(38)28-13-5-2-6-14-28/h1-26H. The molecule has 0 bridgehead atoms. The normalized spacial score (nSPS) is 12.6. The molecule has 6 heteroatoms. The highest BCUT2D eigenvalue weighted by Gasteiger charge is 2.40. The van der Waals surface area contributed by atoms with Crippen LogP contribution in [0.3, 0.4) is 0 Å². The van der Waals surface area contributed by atoms with Gasteiger partial charge in [-0.05, 0) is 41.0 Å². The lowest BCUT2D eigenvalue weighted by Gasteiger charge is -2.20. The van der Waals surface area contributed by atoms with Crippen molar-refractivity contribution in [3.63, 3.8) is 0 Å². The SMILES string of the molecule is O=C1c2cccc(-n3c4ccccc4c4cccc(-c5cncnc5)c43)c2C(=O)N1c1cc(-c2ccccc2)ccc1-c1ccccc1. The van der Waals surface area contributed by atoms with Crippen LogP contribution in [0.2, 0.25) is 0 Å². The van der Waals surface area contributed by atoms with Crippen LogP contribution in [0.4, 0.5) is 5.69 Å². The maximum atomic E-state index is 14.9. The number of imide groups is 1. The zero-order valence-electron chi connectivity index (χ0n) is 25.6.